The molecule has 0 atom stereocenters. The molecule has 2 aromatic carbocycles. The zero-order valence-corrected chi connectivity index (χ0v) is 17.7. The molecule has 0 spiro atoms. The van der Waals surface area contributed by atoms with Gasteiger partial charge in [-0.1, -0.05) is 34.6 Å². The fraction of sp³-hybridized carbons (Fsp3) is 0.118. The van der Waals surface area contributed by atoms with Crippen LogP contribution < -0.4 is 16.2 Å². The molecule has 4 nitrogen and oxygen atoms in total. The standard InChI is InChI=1S/C17H16Br3N3O/c1-10-7-14(19)17(15(20)8-10)21-9-16(24)23-22-11(2)12-3-5-13(18)6-4-12/h3-8,21-22H,2,9H2,1H3,(H,23,24). The third kappa shape index (κ3) is 5.36. The molecule has 0 aliphatic carbocycles. The number of carbonyl (C=O) groups excluding carboxylic acids is 1. The first-order valence-corrected chi connectivity index (χ1v) is 9.44. The number of amides is 1. The number of halogens is 3. The van der Waals surface area contributed by atoms with Gasteiger partial charge in [0, 0.05) is 13.4 Å². The van der Waals surface area contributed by atoms with E-state index in [-0.39, 0.29) is 12.5 Å². The predicted molar refractivity (Wildman–Crippen MR) is 110 cm³/mol. The molecule has 0 saturated heterocycles. The topological polar surface area (TPSA) is 53.2 Å². The molecular weight excluding hydrogens is 502 g/mol. The Bertz CT molecular complexity index is 737. The third-order valence-corrected chi connectivity index (χ3v) is 4.94. The van der Waals surface area contributed by atoms with Gasteiger partial charge in [-0.3, -0.25) is 15.6 Å². The van der Waals surface area contributed by atoms with Crippen LogP contribution in [0.25, 0.3) is 5.70 Å². The summed E-state index contributed by atoms with van der Waals surface area (Å²) in [6, 6.07) is 11.6. The zero-order chi connectivity index (χ0) is 17.7. The number of hydrogen-bond donors (Lipinski definition) is 3. The fourth-order valence-electron chi connectivity index (χ4n) is 1.95. The van der Waals surface area contributed by atoms with Gasteiger partial charge in [0.2, 0.25) is 0 Å². The van der Waals surface area contributed by atoms with Gasteiger partial charge < -0.3 is 5.32 Å². The second-order valence-corrected chi connectivity index (χ2v) is 7.74. The lowest BCUT2D eigenvalue weighted by molar-refractivity contribution is -0.120. The van der Waals surface area contributed by atoms with Crippen LogP contribution >= 0.6 is 47.8 Å². The summed E-state index contributed by atoms with van der Waals surface area (Å²) in [5, 5.41) is 3.10. The lowest BCUT2D eigenvalue weighted by atomic mass is 10.2. The quantitative estimate of drug-likeness (QED) is 0.473. The Morgan fingerprint density at radius 3 is 2.21 bits per heavy atom. The molecule has 2 rings (SSSR count). The first-order valence-electron chi connectivity index (χ1n) is 7.06. The molecule has 0 aromatic heterocycles. The molecule has 0 bridgehead atoms. The molecule has 0 heterocycles. The second-order valence-electron chi connectivity index (χ2n) is 5.12. The van der Waals surface area contributed by atoms with Crippen molar-refractivity contribution in [3.63, 3.8) is 0 Å². The lowest BCUT2D eigenvalue weighted by Crippen LogP contribution is -2.39. The summed E-state index contributed by atoms with van der Waals surface area (Å²) in [6.45, 7) is 6.04. The lowest BCUT2D eigenvalue weighted by Gasteiger charge is -2.14. The maximum atomic E-state index is 12.0. The van der Waals surface area contributed by atoms with Crippen molar-refractivity contribution in [1.29, 1.82) is 0 Å². The van der Waals surface area contributed by atoms with Gasteiger partial charge in [0.25, 0.3) is 5.91 Å². The molecule has 0 radical (unpaired) electrons. The Morgan fingerprint density at radius 1 is 1.04 bits per heavy atom. The minimum Gasteiger partial charge on any atom is -0.374 e. The summed E-state index contributed by atoms with van der Waals surface area (Å²) in [7, 11) is 0. The number of rotatable bonds is 6. The Balaban J connectivity index is 1.86. The van der Waals surface area contributed by atoms with Crippen molar-refractivity contribution < 1.29 is 4.79 Å². The highest BCUT2D eigenvalue weighted by Crippen LogP contribution is 2.32. The van der Waals surface area contributed by atoms with Crippen LogP contribution in [0, 0.1) is 6.92 Å². The minimum absolute atomic E-state index is 0.126. The highest BCUT2D eigenvalue weighted by molar-refractivity contribution is 9.11. The fourth-order valence-corrected chi connectivity index (χ4v) is 3.91. The summed E-state index contributed by atoms with van der Waals surface area (Å²) < 4.78 is 2.78. The van der Waals surface area contributed by atoms with Gasteiger partial charge in [0.05, 0.1) is 17.9 Å². The number of carbonyl (C=O) groups is 1. The Kier molecular flexibility index (Phi) is 6.89. The number of aryl methyl sites for hydroxylation is 1. The van der Waals surface area contributed by atoms with E-state index >= 15 is 0 Å². The van der Waals surface area contributed by atoms with Crippen LogP contribution in [0.4, 0.5) is 5.69 Å². The van der Waals surface area contributed by atoms with E-state index < -0.39 is 0 Å². The Hall–Kier alpha value is -1.31. The second kappa shape index (κ2) is 8.69. The monoisotopic (exact) mass is 515 g/mol. The van der Waals surface area contributed by atoms with Gasteiger partial charge in [0.15, 0.2) is 0 Å². The van der Waals surface area contributed by atoms with E-state index in [9.17, 15) is 4.79 Å². The van der Waals surface area contributed by atoms with Crippen molar-refractivity contribution in [3.05, 3.63) is 67.5 Å². The maximum absolute atomic E-state index is 12.0. The van der Waals surface area contributed by atoms with Crippen LogP contribution in [0.15, 0.2) is 56.4 Å². The van der Waals surface area contributed by atoms with E-state index in [1.807, 2.05) is 43.3 Å². The van der Waals surface area contributed by atoms with Gasteiger partial charge >= 0.3 is 0 Å². The van der Waals surface area contributed by atoms with Gasteiger partial charge in [-0.25, -0.2) is 0 Å². The van der Waals surface area contributed by atoms with Crippen molar-refractivity contribution in [2.45, 2.75) is 6.92 Å². The highest BCUT2D eigenvalue weighted by Gasteiger charge is 2.08. The number of nitrogens with one attached hydrogen (secondary N) is 3. The molecule has 0 unspecified atom stereocenters. The van der Waals surface area contributed by atoms with E-state index in [0.29, 0.717) is 5.70 Å². The minimum atomic E-state index is -0.201. The Labute approximate surface area is 166 Å². The van der Waals surface area contributed by atoms with E-state index in [1.54, 1.807) is 0 Å². The zero-order valence-electron chi connectivity index (χ0n) is 12.9. The largest absolute Gasteiger partial charge is 0.374 e. The molecule has 2 aromatic rings. The number of hydrogen-bond acceptors (Lipinski definition) is 3. The molecule has 0 saturated carbocycles. The first kappa shape index (κ1) is 19.0. The maximum Gasteiger partial charge on any atom is 0.257 e. The van der Waals surface area contributed by atoms with Crippen molar-refractivity contribution in [2.75, 3.05) is 11.9 Å². The SMILES string of the molecule is C=C(NNC(=O)CNc1c(Br)cc(C)cc1Br)c1ccc(Br)cc1. The molecule has 0 aliphatic rings. The molecule has 1 amide bonds. The number of hydrazine groups is 1. The number of benzene rings is 2. The average Bonchev–Trinajstić information content (AvgIpc) is 2.52. The van der Waals surface area contributed by atoms with Crippen LogP contribution in [0.1, 0.15) is 11.1 Å². The summed E-state index contributed by atoms with van der Waals surface area (Å²) in [5.74, 6) is -0.201. The van der Waals surface area contributed by atoms with Crippen molar-refractivity contribution in [2.24, 2.45) is 0 Å². The first-order chi connectivity index (χ1) is 11.4. The molecule has 0 fully saturated rings. The highest BCUT2D eigenvalue weighted by atomic mass is 79.9. The van der Waals surface area contributed by atoms with Crippen molar-refractivity contribution >= 4 is 65.1 Å². The summed E-state index contributed by atoms with van der Waals surface area (Å²) >= 11 is 10.4. The van der Waals surface area contributed by atoms with Crippen LogP contribution in [0.3, 0.4) is 0 Å². The summed E-state index contributed by atoms with van der Waals surface area (Å²) in [5.41, 5.74) is 8.92. The van der Waals surface area contributed by atoms with Crippen molar-refractivity contribution in [3.8, 4) is 0 Å². The van der Waals surface area contributed by atoms with Gasteiger partial charge in [-0.05, 0) is 74.2 Å². The smallest absolute Gasteiger partial charge is 0.257 e. The van der Waals surface area contributed by atoms with E-state index in [0.717, 1.165) is 30.2 Å². The summed E-state index contributed by atoms with van der Waals surface area (Å²) in [4.78, 5) is 12.0. The van der Waals surface area contributed by atoms with Gasteiger partial charge in [0.1, 0.15) is 0 Å². The molecule has 0 aliphatic heterocycles. The van der Waals surface area contributed by atoms with E-state index in [4.69, 9.17) is 0 Å². The van der Waals surface area contributed by atoms with Crippen LogP contribution in [-0.2, 0) is 4.79 Å². The van der Waals surface area contributed by atoms with Gasteiger partial charge in [-0.15, -0.1) is 0 Å². The molecule has 7 heteroatoms. The van der Waals surface area contributed by atoms with Gasteiger partial charge in [-0.2, -0.15) is 0 Å². The van der Waals surface area contributed by atoms with Crippen LogP contribution in [-0.4, -0.2) is 12.5 Å². The third-order valence-electron chi connectivity index (χ3n) is 3.16. The summed E-state index contributed by atoms with van der Waals surface area (Å²) in [6.07, 6.45) is 0. The molecule has 126 valence electrons. The predicted octanol–water partition coefficient (Wildman–Crippen LogP) is 4.99. The normalized spacial score (nSPS) is 10.2. The molecular formula is C17H16Br3N3O. The van der Waals surface area contributed by atoms with Crippen LogP contribution in [0.5, 0.6) is 0 Å². The van der Waals surface area contributed by atoms with E-state index in [2.05, 4.69) is 70.5 Å². The molecule has 24 heavy (non-hydrogen) atoms. The average molecular weight is 518 g/mol. The molecule has 3 N–H and O–H groups in total. The van der Waals surface area contributed by atoms with Crippen molar-refractivity contribution in [1.82, 2.24) is 10.9 Å². The van der Waals surface area contributed by atoms with E-state index in [1.165, 1.54) is 0 Å². The Morgan fingerprint density at radius 2 is 1.62 bits per heavy atom. The van der Waals surface area contributed by atoms with Crippen LogP contribution in [0.2, 0.25) is 0 Å². The number of anilines is 1.